The van der Waals surface area contributed by atoms with Crippen LogP contribution in [0.1, 0.15) is 12.1 Å². The van der Waals surface area contributed by atoms with E-state index in [2.05, 4.69) is 25.3 Å². The van der Waals surface area contributed by atoms with Crippen molar-refractivity contribution >= 4 is 29.9 Å². The molecule has 7 nitrogen and oxygen atoms in total. The van der Waals surface area contributed by atoms with Crippen molar-refractivity contribution in [3.63, 3.8) is 0 Å². The van der Waals surface area contributed by atoms with Gasteiger partial charge in [0.25, 0.3) is 0 Å². The van der Waals surface area contributed by atoms with Crippen LogP contribution >= 0.6 is 24.0 Å². The van der Waals surface area contributed by atoms with Crippen molar-refractivity contribution in [1.82, 2.24) is 20.3 Å². The molecular formula is C14H24IN5O2. The first kappa shape index (κ1) is 17.5. The van der Waals surface area contributed by atoms with E-state index in [1.165, 1.54) is 6.42 Å². The van der Waals surface area contributed by atoms with Gasteiger partial charge in [-0.25, -0.2) is 0 Å². The summed E-state index contributed by atoms with van der Waals surface area (Å²) in [5, 5.41) is 7.25. The molecule has 0 bridgehead atoms. The Morgan fingerprint density at radius 3 is 2.91 bits per heavy atom. The average molecular weight is 421 g/mol. The Kier molecular flexibility index (Phi) is 6.90. The number of aliphatic imine (C=N–C) groups is 1. The molecule has 0 aliphatic carbocycles. The summed E-state index contributed by atoms with van der Waals surface area (Å²) in [5.74, 6) is 0.939. The predicted octanol–water partition coefficient (Wildman–Crippen LogP) is 0.774. The summed E-state index contributed by atoms with van der Waals surface area (Å²) < 4.78 is 10.3. The van der Waals surface area contributed by atoms with Gasteiger partial charge in [0.05, 0.1) is 19.8 Å². The van der Waals surface area contributed by atoms with Gasteiger partial charge in [-0.1, -0.05) is 5.16 Å². The first-order valence-corrected chi connectivity index (χ1v) is 7.53. The van der Waals surface area contributed by atoms with Gasteiger partial charge in [0, 0.05) is 45.3 Å². The van der Waals surface area contributed by atoms with E-state index >= 15 is 0 Å². The third-order valence-corrected chi connectivity index (χ3v) is 4.16. The lowest BCUT2D eigenvalue weighted by Crippen LogP contribution is -2.46. The number of guanidine groups is 1. The van der Waals surface area contributed by atoms with Gasteiger partial charge in [-0.15, -0.1) is 24.0 Å². The smallest absolute Gasteiger partial charge is 0.194 e. The van der Waals surface area contributed by atoms with Crippen LogP contribution in [0.4, 0.5) is 0 Å². The van der Waals surface area contributed by atoms with Crippen molar-refractivity contribution in [2.24, 2.45) is 4.99 Å². The van der Waals surface area contributed by atoms with Crippen LogP contribution < -0.4 is 5.32 Å². The second kappa shape index (κ2) is 8.68. The van der Waals surface area contributed by atoms with Crippen molar-refractivity contribution in [2.45, 2.75) is 19.0 Å². The molecule has 0 spiro atoms. The Morgan fingerprint density at radius 1 is 1.41 bits per heavy atom. The van der Waals surface area contributed by atoms with E-state index in [9.17, 15) is 0 Å². The Labute approximate surface area is 148 Å². The molecule has 3 heterocycles. The van der Waals surface area contributed by atoms with Crippen LogP contribution in [0, 0.1) is 0 Å². The number of morpholine rings is 1. The van der Waals surface area contributed by atoms with Crippen LogP contribution in [-0.4, -0.2) is 73.4 Å². The second-order valence-electron chi connectivity index (χ2n) is 5.43. The van der Waals surface area contributed by atoms with Crippen LogP contribution in [0.3, 0.4) is 0 Å². The summed E-state index contributed by atoms with van der Waals surface area (Å²) >= 11 is 0. The van der Waals surface area contributed by atoms with Crippen molar-refractivity contribution in [3.8, 4) is 0 Å². The summed E-state index contributed by atoms with van der Waals surface area (Å²) in [5.41, 5.74) is 0.889. The Hall–Kier alpha value is -0.870. The van der Waals surface area contributed by atoms with Crippen LogP contribution in [0.15, 0.2) is 21.8 Å². The lowest BCUT2D eigenvalue weighted by atomic mass is 10.2. The van der Waals surface area contributed by atoms with Crippen LogP contribution in [0.5, 0.6) is 0 Å². The molecule has 1 aromatic heterocycles. The lowest BCUT2D eigenvalue weighted by Gasteiger charge is -2.32. The Balaban J connectivity index is 0.00000176. The first-order valence-electron chi connectivity index (χ1n) is 7.53. The number of likely N-dealkylation sites (tertiary alicyclic amines) is 1. The molecule has 2 aliphatic rings. The molecular weight excluding hydrogens is 397 g/mol. The summed E-state index contributed by atoms with van der Waals surface area (Å²) in [6, 6.07) is 2.47. The fourth-order valence-corrected chi connectivity index (χ4v) is 3.01. The second-order valence-corrected chi connectivity index (χ2v) is 5.43. The maximum atomic E-state index is 5.43. The maximum absolute atomic E-state index is 5.43. The van der Waals surface area contributed by atoms with Gasteiger partial charge in [0.2, 0.25) is 0 Å². The highest BCUT2D eigenvalue weighted by Gasteiger charge is 2.30. The predicted molar refractivity (Wildman–Crippen MR) is 94.5 cm³/mol. The standard InChI is InChI=1S/C14H23N5O2.HI/c1-15-14(16-10-12-3-7-21-17-12)19-4-2-13(11-19)18-5-8-20-9-6-18;/h3,7,13H,2,4-6,8-11H2,1H3,(H,15,16);1H. The molecule has 0 radical (unpaired) electrons. The van der Waals surface area contributed by atoms with E-state index in [-0.39, 0.29) is 24.0 Å². The molecule has 22 heavy (non-hydrogen) atoms. The van der Waals surface area contributed by atoms with E-state index < -0.39 is 0 Å². The first-order chi connectivity index (χ1) is 10.4. The van der Waals surface area contributed by atoms with Gasteiger partial charge in [-0.2, -0.15) is 0 Å². The summed E-state index contributed by atoms with van der Waals surface area (Å²) in [6.07, 6.45) is 2.77. The van der Waals surface area contributed by atoms with Crippen LogP contribution in [0.2, 0.25) is 0 Å². The Bertz CT molecular complexity index is 462. The highest BCUT2D eigenvalue weighted by atomic mass is 127. The molecule has 1 aromatic rings. The molecule has 124 valence electrons. The van der Waals surface area contributed by atoms with Crippen molar-refractivity contribution in [2.75, 3.05) is 46.4 Å². The molecule has 0 amide bonds. The summed E-state index contributed by atoms with van der Waals surface area (Å²) in [6.45, 7) is 6.51. The van der Waals surface area contributed by atoms with Gasteiger partial charge < -0.3 is 19.5 Å². The van der Waals surface area contributed by atoms with E-state index in [0.717, 1.165) is 51.0 Å². The third-order valence-electron chi connectivity index (χ3n) is 4.16. The largest absolute Gasteiger partial charge is 0.379 e. The van der Waals surface area contributed by atoms with E-state index in [4.69, 9.17) is 9.26 Å². The number of rotatable bonds is 3. The van der Waals surface area contributed by atoms with Crippen molar-refractivity contribution in [1.29, 1.82) is 0 Å². The minimum absolute atomic E-state index is 0. The third kappa shape index (κ3) is 4.32. The van der Waals surface area contributed by atoms with Gasteiger partial charge in [0.1, 0.15) is 12.0 Å². The zero-order valence-corrected chi connectivity index (χ0v) is 15.2. The van der Waals surface area contributed by atoms with Crippen molar-refractivity contribution in [3.05, 3.63) is 18.0 Å². The van der Waals surface area contributed by atoms with E-state index in [1.54, 1.807) is 6.26 Å². The number of aromatic nitrogens is 1. The zero-order chi connectivity index (χ0) is 14.5. The quantitative estimate of drug-likeness (QED) is 0.442. The van der Waals surface area contributed by atoms with Gasteiger partial charge in [-0.3, -0.25) is 9.89 Å². The molecule has 0 aromatic carbocycles. The molecule has 3 rings (SSSR count). The van der Waals surface area contributed by atoms with Gasteiger partial charge in [-0.05, 0) is 6.42 Å². The topological polar surface area (TPSA) is 66.1 Å². The highest BCUT2D eigenvalue weighted by molar-refractivity contribution is 14.0. The number of nitrogens with one attached hydrogen (secondary N) is 1. The minimum Gasteiger partial charge on any atom is -0.379 e. The average Bonchev–Trinajstić information content (AvgIpc) is 3.20. The van der Waals surface area contributed by atoms with Gasteiger partial charge in [0.15, 0.2) is 5.96 Å². The highest BCUT2D eigenvalue weighted by Crippen LogP contribution is 2.17. The number of hydrogen-bond donors (Lipinski definition) is 1. The molecule has 2 saturated heterocycles. The lowest BCUT2D eigenvalue weighted by molar-refractivity contribution is 0.0195. The van der Waals surface area contributed by atoms with E-state index in [0.29, 0.717) is 12.6 Å². The molecule has 2 fully saturated rings. The molecule has 1 N–H and O–H groups in total. The number of halogens is 1. The molecule has 8 heteroatoms. The Morgan fingerprint density at radius 2 is 2.23 bits per heavy atom. The minimum atomic E-state index is 0. The number of hydrogen-bond acceptors (Lipinski definition) is 5. The maximum Gasteiger partial charge on any atom is 0.194 e. The van der Waals surface area contributed by atoms with Crippen molar-refractivity contribution < 1.29 is 9.26 Å². The fourth-order valence-electron chi connectivity index (χ4n) is 3.01. The van der Waals surface area contributed by atoms with Crippen LogP contribution in [0.25, 0.3) is 0 Å². The monoisotopic (exact) mass is 421 g/mol. The molecule has 0 saturated carbocycles. The molecule has 2 aliphatic heterocycles. The van der Waals surface area contributed by atoms with Gasteiger partial charge >= 0.3 is 0 Å². The number of ether oxygens (including phenoxy) is 1. The fraction of sp³-hybridized carbons (Fsp3) is 0.714. The molecule has 1 atom stereocenters. The normalized spacial score (nSPS) is 23.4. The molecule has 1 unspecified atom stereocenters. The van der Waals surface area contributed by atoms with Crippen LogP contribution in [-0.2, 0) is 11.3 Å². The zero-order valence-electron chi connectivity index (χ0n) is 12.9. The number of nitrogens with zero attached hydrogens (tertiary/aromatic N) is 4. The summed E-state index contributed by atoms with van der Waals surface area (Å²) in [7, 11) is 1.83. The SMILES string of the molecule is CN=C(NCc1ccon1)N1CCC(N2CCOCC2)C1.I. The van der Waals surface area contributed by atoms with E-state index in [1.807, 2.05) is 13.1 Å². The summed E-state index contributed by atoms with van der Waals surface area (Å²) in [4.78, 5) is 9.23.